The van der Waals surface area contributed by atoms with Gasteiger partial charge in [0, 0.05) is 5.70 Å². The van der Waals surface area contributed by atoms with Crippen LogP contribution in [0.5, 0.6) is 0 Å². The molecule has 0 fully saturated rings. The van der Waals surface area contributed by atoms with Crippen LogP contribution in [0.3, 0.4) is 0 Å². The fourth-order valence-corrected chi connectivity index (χ4v) is 4.11. The number of esters is 1. The Hall–Kier alpha value is -4.21. The van der Waals surface area contributed by atoms with Crippen LogP contribution in [0.15, 0.2) is 90.1 Å². The predicted molar refractivity (Wildman–Crippen MR) is 134 cm³/mol. The van der Waals surface area contributed by atoms with E-state index in [1.54, 1.807) is 24.3 Å². The van der Waals surface area contributed by atoms with Crippen LogP contribution in [0.1, 0.15) is 35.2 Å². The van der Waals surface area contributed by atoms with E-state index in [1.165, 1.54) is 19.1 Å². The summed E-state index contributed by atoms with van der Waals surface area (Å²) >= 11 is 0. The summed E-state index contributed by atoms with van der Waals surface area (Å²) in [5.41, 5.74) is 3.83. The maximum atomic E-state index is 13.4. The summed E-state index contributed by atoms with van der Waals surface area (Å²) in [4.78, 5) is 13.3. The highest BCUT2D eigenvalue weighted by Crippen LogP contribution is 2.37. The molecule has 1 atom stereocenters. The van der Waals surface area contributed by atoms with Crippen molar-refractivity contribution in [2.24, 2.45) is 0 Å². The van der Waals surface area contributed by atoms with Gasteiger partial charge in [-0.2, -0.15) is 23.9 Å². The zero-order chi connectivity index (χ0) is 28.0. The number of anilines is 1. The number of allylic oxidation sites excluding steroid dienone is 1. The Morgan fingerprint density at radius 2 is 1.77 bits per heavy atom. The first-order chi connectivity index (χ1) is 18.7. The van der Waals surface area contributed by atoms with E-state index in [0.717, 1.165) is 22.7 Å². The lowest BCUT2D eigenvalue weighted by Gasteiger charge is -2.41. The van der Waals surface area contributed by atoms with E-state index in [0.29, 0.717) is 23.0 Å². The fourth-order valence-electron chi connectivity index (χ4n) is 4.11. The minimum absolute atomic E-state index is 0.0351. The van der Waals surface area contributed by atoms with Gasteiger partial charge in [-0.05, 0) is 53.7 Å². The van der Waals surface area contributed by atoms with Crippen molar-refractivity contribution >= 4 is 11.7 Å². The molecule has 1 aliphatic heterocycles. The minimum Gasteiger partial charge on any atom is -0.460 e. The molecule has 0 radical (unpaired) electrons. The summed E-state index contributed by atoms with van der Waals surface area (Å²) in [7, 11) is 0. The van der Waals surface area contributed by atoms with Gasteiger partial charge in [0.05, 0.1) is 47.7 Å². The van der Waals surface area contributed by atoms with Gasteiger partial charge in [-0.25, -0.2) is 9.80 Å². The molecule has 0 saturated heterocycles. The predicted octanol–water partition coefficient (Wildman–Crippen LogP) is 5.28. The minimum atomic E-state index is -4.61. The van der Waals surface area contributed by atoms with Gasteiger partial charge in [-0.15, -0.1) is 0 Å². The molecule has 4 rings (SSSR count). The number of nitriles is 1. The van der Waals surface area contributed by atoms with Crippen molar-refractivity contribution in [1.82, 2.24) is 10.7 Å². The number of halogens is 3. The topological polar surface area (TPSA) is 98.1 Å². The molecule has 0 aliphatic carbocycles. The van der Waals surface area contributed by atoms with Gasteiger partial charge in [-0.1, -0.05) is 48.5 Å². The van der Waals surface area contributed by atoms with E-state index >= 15 is 0 Å². The van der Waals surface area contributed by atoms with Gasteiger partial charge in [0.2, 0.25) is 0 Å². The van der Waals surface area contributed by atoms with Gasteiger partial charge in [-0.3, -0.25) is 5.21 Å². The molecule has 3 aromatic carbocycles. The number of benzene rings is 3. The van der Waals surface area contributed by atoms with Crippen LogP contribution >= 0.6 is 0 Å². The zero-order valence-electron chi connectivity index (χ0n) is 20.9. The molecule has 0 amide bonds. The molecule has 11 heteroatoms. The molecule has 0 bridgehead atoms. The van der Waals surface area contributed by atoms with Crippen molar-refractivity contribution < 1.29 is 32.6 Å². The van der Waals surface area contributed by atoms with Gasteiger partial charge in [0.25, 0.3) is 0 Å². The smallest absolute Gasteiger partial charge is 0.416 e. The van der Waals surface area contributed by atoms with Crippen molar-refractivity contribution in [3.63, 3.8) is 0 Å². The number of hydrogen-bond donors (Lipinski definition) is 2. The molecule has 0 saturated carbocycles. The third kappa shape index (κ3) is 6.63. The Kier molecular flexibility index (Phi) is 8.63. The monoisotopic (exact) mass is 538 g/mol. The molecule has 1 heterocycles. The Labute approximate surface area is 223 Å². The second-order valence-electron chi connectivity index (χ2n) is 8.62. The number of alkyl halides is 3. The van der Waals surface area contributed by atoms with E-state index in [1.807, 2.05) is 36.4 Å². The Bertz CT molecular complexity index is 1370. The molecule has 39 heavy (non-hydrogen) atoms. The highest BCUT2D eigenvalue weighted by Gasteiger charge is 2.38. The lowest BCUT2D eigenvalue weighted by Crippen LogP contribution is -2.55. The van der Waals surface area contributed by atoms with Crippen molar-refractivity contribution in [1.29, 1.82) is 5.26 Å². The van der Waals surface area contributed by atoms with Gasteiger partial charge < -0.3 is 9.47 Å². The largest absolute Gasteiger partial charge is 0.460 e. The number of hydrogen-bond acceptors (Lipinski definition) is 8. The number of carbonyl (C=O) groups excluding carboxylic acids is 1. The lowest BCUT2D eigenvalue weighted by atomic mass is 9.95. The highest BCUT2D eigenvalue weighted by molar-refractivity contribution is 5.92. The first-order valence-corrected chi connectivity index (χ1v) is 11.9. The molecule has 8 nitrogen and oxygen atoms in total. The second-order valence-corrected chi connectivity index (χ2v) is 8.62. The van der Waals surface area contributed by atoms with E-state index in [9.17, 15) is 23.2 Å². The maximum Gasteiger partial charge on any atom is 0.416 e. The zero-order valence-corrected chi connectivity index (χ0v) is 20.9. The molecule has 0 spiro atoms. The fraction of sp³-hybridized carbons (Fsp3) is 0.214. The molecular weight excluding hydrogens is 513 g/mol. The number of hydrazine groups is 2. The summed E-state index contributed by atoms with van der Waals surface area (Å²) < 4.78 is 51.1. The summed E-state index contributed by atoms with van der Waals surface area (Å²) in [6, 6.07) is 21.2. The van der Waals surface area contributed by atoms with Crippen LogP contribution in [0, 0.1) is 11.3 Å². The van der Waals surface area contributed by atoms with E-state index < -0.39 is 23.8 Å². The highest BCUT2D eigenvalue weighted by atomic mass is 19.4. The summed E-state index contributed by atoms with van der Waals surface area (Å²) in [6.07, 6.45) is -4.61. The van der Waals surface area contributed by atoms with E-state index in [2.05, 4.69) is 5.43 Å². The molecule has 3 aromatic rings. The van der Waals surface area contributed by atoms with E-state index in [-0.39, 0.29) is 30.2 Å². The number of ether oxygens (including phenoxy) is 2. The average Bonchev–Trinajstić information content (AvgIpc) is 2.93. The van der Waals surface area contributed by atoms with Crippen LogP contribution < -0.4 is 10.4 Å². The second kappa shape index (κ2) is 12.1. The van der Waals surface area contributed by atoms with Gasteiger partial charge in [0.15, 0.2) is 0 Å². The Balaban J connectivity index is 1.60. The maximum absolute atomic E-state index is 13.4. The summed E-state index contributed by atoms with van der Waals surface area (Å²) in [5, 5.41) is 21.5. The van der Waals surface area contributed by atoms with Crippen molar-refractivity contribution in [2.75, 3.05) is 18.2 Å². The Morgan fingerprint density at radius 1 is 1.05 bits per heavy atom. The van der Waals surface area contributed by atoms with Crippen LogP contribution in [-0.4, -0.2) is 29.7 Å². The third-order valence-electron chi connectivity index (χ3n) is 6.01. The van der Waals surface area contributed by atoms with E-state index in [4.69, 9.17) is 14.7 Å². The van der Waals surface area contributed by atoms with Crippen LogP contribution in [0.2, 0.25) is 0 Å². The van der Waals surface area contributed by atoms with Crippen LogP contribution in [0.25, 0.3) is 0 Å². The first kappa shape index (κ1) is 27.8. The number of carbonyl (C=O) groups is 1. The summed E-state index contributed by atoms with van der Waals surface area (Å²) in [6.45, 7) is 1.86. The van der Waals surface area contributed by atoms with Crippen molar-refractivity contribution in [2.45, 2.75) is 25.7 Å². The van der Waals surface area contributed by atoms with Crippen molar-refractivity contribution in [3.8, 4) is 6.07 Å². The normalized spacial score (nSPS) is 16.2. The van der Waals surface area contributed by atoms with Gasteiger partial charge >= 0.3 is 12.1 Å². The quantitative estimate of drug-likeness (QED) is 0.295. The molecule has 1 unspecified atom stereocenters. The van der Waals surface area contributed by atoms with Gasteiger partial charge in [0.1, 0.15) is 6.61 Å². The SMILES string of the molecule is CC1=C(C(=O)OCCOCc2ccccc2)C(c2ccc(C#N)cc2)NN(O)N1c1cccc(C(F)(F)F)c1. The molecule has 1 aliphatic rings. The average molecular weight is 539 g/mol. The third-order valence-corrected chi connectivity index (χ3v) is 6.01. The molecule has 2 N–H and O–H groups in total. The standard InChI is InChI=1S/C28H25F3N4O4/c1-19-25(27(36)39-15-14-38-18-21-6-3-2-4-7-21)26(22-12-10-20(17-32)11-13-22)33-35(37)34(19)24-9-5-8-23(16-24)28(29,30)31/h2-13,16,26,33,37H,14-15,18H2,1H3. The first-order valence-electron chi connectivity index (χ1n) is 11.9. The molecule has 0 aromatic heterocycles. The Morgan fingerprint density at radius 3 is 2.44 bits per heavy atom. The van der Waals surface area contributed by atoms with Crippen LogP contribution in [0.4, 0.5) is 18.9 Å². The number of rotatable bonds is 8. The molecular formula is C28H25F3N4O4. The summed E-state index contributed by atoms with van der Waals surface area (Å²) in [5.74, 6) is -0.747. The van der Waals surface area contributed by atoms with Crippen LogP contribution in [-0.2, 0) is 27.1 Å². The van der Waals surface area contributed by atoms with Crippen molar-refractivity contribution in [3.05, 3.63) is 112 Å². The molecule has 202 valence electrons. The number of nitrogens with one attached hydrogen (secondary N) is 1. The number of nitrogens with zero attached hydrogens (tertiary/aromatic N) is 3. The lowest BCUT2D eigenvalue weighted by molar-refractivity contribution is -0.160.